The zero-order valence-electron chi connectivity index (χ0n) is 15.7. The van der Waals surface area contributed by atoms with E-state index in [0.717, 1.165) is 16.9 Å². The molecule has 1 saturated heterocycles. The van der Waals surface area contributed by atoms with Gasteiger partial charge in [-0.1, -0.05) is 47.7 Å². The molecule has 1 amide bonds. The summed E-state index contributed by atoms with van der Waals surface area (Å²) in [6, 6.07) is 11.1. The minimum atomic E-state index is -0.318. The summed E-state index contributed by atoms with van der Waals surface area (Å²) < 4.78 is 16.3. The lowest BCUT2D eigenvalue weighted by molar-refractivity contribution is -0.126. The molecule has 0 unspecified atom stereocenters. The molecule has 2 aromatic rings. The fourth-order valence-corrected chi connectivity index (χ4v) is 4.69. The van der Waals surface area contributed by atoms with Crippen LogP contribution < -0.4 is 14.2 Å². The summed E-state index contributed by atoms with van der Waals surface area (Å²) >= 11 is 13.2. The zero-order chi connectivity index (χ0) is 20.3. The van der Waals surface area contributed by atoms with Crippen molar-refractivity contribution in [2.45, 2.75) is 18.2 Å². The minimum Gasteiger partial charge on any atom is -0.497 e. The van der Waals surface area contributed by atoms with Crippen molar-refractivity contribution < 1.29 is 19.0 Å². The Bertz CT molecular complexity index is 889. The number of nitrogens with zero attached hydrogens (tertiary/aromatic N) is 1. The third-order valence-electron chi connectivity index (χ3n) is 4.46. The number of rotatable bonds is 7. The van der Waals surface area contributed by atoms with Gasteiger partial charge in [0.15, 0.2) is 11.5 Å². The van der Waals surface area contributed by atoms with Crippen LogP contribution in [-0.2, 0) is 17.8 Å². The molecule has 28 heavy (non-hydrogen) atoms. The van der Waals surface area contributed by atoms with Gasteiger partial charge in [0, 0.05) is 11.1 Å². The smallest absolute Gasteiger partial charge is 0.242 e. The molecule has 1 fully saturated rings. The number of halogens is 1. The molecule has 0 aliphatic carbocycles. The van der Waals surface area contributed by atoms with E-state index in [0.29, 0.717) is 33.8 Å². The first-order valence-electron chi connectivity index (χ1n) is 8.52. The van der Waals surface area contributed by atoms with E-state index in [1.54, 1.807) is 32.3 Å². The van der Waals surface area contributed by atoms with Crippen molar-refractivity contribution in [2.24, 2.45) is 0 Å². The maximum Gasteiger partial charge on any atom is 0.242 e. The molecule has 2 aromatic carbocycles. The van der Waals surface area contributed by atoms with E-state index < -0.39 is 0 Å². The summed E-state index contributed by atoms with van der Waals surface area (Å²) in [5.41, 5.74) is 1.81. The van der Waals surface area contributed by atoms with Crippen molar-refractivity contribution in [3.8, 4) is 17.2 Å². The predicted molar refractivity (Wildman–Crippen MR) is 116 cm³/mol. The van der Waals surface area contributed by atoms with E-state index in [1.807, 2.05) is 30.3 Å². The first-order chi connectivity index (χ1) is 13.5. The van der Waals surface area contributed by atoms with Crippen LogP contribution in [0.5, 0.6) is 17.2 Å². The highest BCUT2D eigenvalue weighted by Crippen LogP contribution is 2.37. The molecule has 0 saturated carbocycles. The van der Waals surface area contributed by atoms with Gasteiger partial charge in [0.25, 0.3) is 0 Å². The van der Waals surface area contributed by atoms with Gasteiger partial charge in [-0.3, -0.25) is 9.69 Å². The molecule has 1 aliphatic rings. The molecular weight excluding hydrogens is 418 g/mol. The lowest BCUT2D eigenvalue weighted by Crippen LogP contribution is -2.31. The molecule has 0 radical (unpaired) electrons. The van der Waals surface area contributed by atoms with Gasteiger partial charge in [0.2, 0.25) is 5.91 Å². The fraction of sp³-hybridized carbons (Fsp3) is 0.300. The van der Waals surface area contributed by atoms with Crippen molar-refractivity contribution in [1.82, 2.24) is 4.90 Å². The van der Waals surface area contributed by atoms with Crippen LogP contribution in [0.2, 0.25) is 5.02 Å². The first kappa shape index (κ1) is 20.8. The average molecular weight is 438 g/mol. The molecule has 1 heterocycles. The lowest BCUT2D eigenvalue weighted by Gasteiger charge is -2.16. The molecule has 5 nitrogen and oxygen atoms in total. The Morgan fingerprint density at radius 2 is 1.71 bits per heavy atom. The van der Waals surface area contributed by atoms with Crippen LogP contribution >= 0.6 is 35.6 Å². The maximum absolute atomic E-state index is 12.9. The predicted octanol–water partition coefficient (Wildman–Crippen LogP) is 4.34. The standard InChI is InChI=1S/C20H20ClNO4S2/c1-24-14-6-4-12(5-7-14)11-22-19(23)18(28-20(22)27)9-13-8-16(25-2)17(26-3)10-15(13)21/h4-8,10,18H,9,11H2,1-3H3/t18-/m1/s1. The number of hydrogen-bond acceptors (Lipinski definition) is 6. The number of carbonyl (C=O) groups is 1. The van der Waals surface area contributed by atoms with Crippen molar-refractivity contribution >= 4 is 45.8 Å². The minimum absolute atomic E-state index is 0.0170. The number of carbonyl (C=O) groups excluding carboxylic acids is 1. The van der Waals surface area contributed by atoms with E-state index >= 15 is 0 Å². The highest BCUT2D eigenvalue weighted by atomic mass is 35.5. The van der Waals surface area contributed by atoms with Crippen molar-refractivity contribution in [2.75, 3.05) is 21.3 Å². The summed E-state index contributed by atoms with van der Waals surface area (Å²) in [6.45, 7) is 0.435. The molecule has 3 rings (SSSR count). The van der Waals surface area contributed by atoms with Crippen LogP contribution in [0.15, 0.2) is 36.4 Å². The second-order valence-electron chi connectivity index (χ2n) is 6.15. The number of ether oxygens (including phenoxy) is 3. The van der Waals surface area contributed by atoms with Crippen LogP contribution in [0.25, 0.3) is 0 Å². The molecule has 0 bridgehead atoms. The van der Waals surface area contributed by atoms with E-state index in [4.69, 9.17) is 38.0 Å². The van der Waals surface area contributed by atoms with Gasteiger partial charge in [0.05, 0.1) is 33.1 Å². The summed E-state index contributed by atoms with van der Waals surface area (Å²) in [7, 11) is 4.74. The van der Waals surface area contributed by atoms with E-state index in [-0.39, 0.29) is 11.2 Å². The quantitative estimate of drug-likeness (QED) is 0.600. The molecule has 148 valence electrons. The topological polar surface area (TPSA) is 48.0 Å². The van der Waals surface area contributed by atoms with Crippen molar-refractivity contribution in [1.29, 1.82) is 0 Å². The fourth-order valence-electron chi connectivity index (χ4n) is 2.94. The molecular formula is C20H20ClNO4S2. The second-order valence-corrected chi connectivity index (χ2v) is 8.39. The third kappa shape index (κ3) is 4.37. The molecule has 0 spiro atoms. The van der Waals surface area contributed by atoms with Crippen LogP contribution in [0.3, 0.4) is 0 Å². The summed E-state index contributed by atoms with van der Waals surface area (Å²) in [5.74, 6) is 1.89. The van der Waals surface area contributed by atoms with Gasteiger partial charge in [-0.25, -0.2) is 0 Å². The molecule has 1 atom stereocenters. The summed E-state index contributed by atoms with van der Waals surface area (Å²) in [4.78, 5) is 14.6. The number of benzene rings is 2. The first-order valence-corrected chi connectivity index (χ1v) is 10.2. The Balaban J connectivity index is 1.74. The second kappa shape index (κ2) is 9.03. The summed E-state index contributed by atoms with van der Waals surface area (Å²) in [5, 5.41) is 0.215. The largest absolute Gasteiger partial charge is 0.497 e. The number of thioether (sulfide) groups is 1. The van der Waals surface area contributed by atoms with Crippen molar-refractivity contribution in [3.63, 3.8) is 0 Å². The van der Waals surface area contributed by atoms with Gasteiger partial charge in [-0.15, -0.1) is 0 Å². The number of hydrogen-bond donors (Lipinski definition) is 0. The SMILES string of the molecule is COc1ccc(CN2C(=O)[C@@H](Cc3cc(OC)c(OC)cc3Cl)SC2=S)cc1. The Labute approximate surface area is 178 Å². The highest BCUT2D eigenvalue weighted by Gasteiger charge is 2.37. The zero-order valence-corrected chi connectivity index (χ0v) is 18.1. The van der Waals surface area contributed by atoms with Crippen LogP contribution in [0, 0.1) is 0 Å². The highest BCUT2D eigenvalue weighted by molar-refractivity contribution is 8.24. The molecule has 1 aliphatic heterocycles. The third-order valence-corrected chi connectivity index (χ3v) is 6.40. The van der Waals surface area contributed by atoms with Gasteiger partial charge in [-0.05, 0) is 35.7 Å². The van der Waals surface area contributed by atoms with E-state index in [9.17, 15) is 4.79 Å². The summed E-state index contributed by atoms with van der Waals surface area (Å²) in [6.07, 6.45) is 0.460. The Morgan fingerprint density at radius 3 is 2.32 bits per heavy atom. The van der Waals surface area contributed by atoms with E-state index in [1.165, 1.54) is 11.8 Å². The molecule has 8 heteroatoms. The van der Waals surface area contributed by atoms with Gasteiger partial charge < -0.3 is 14.2 Å². The maximum atomic E-state index is 12.9. The van der Waals surface area contributed by atoms with Crippen LogP contribution in [-0.4, -0.2) is 41.7 Å². The monoisotopic (exact) mass is 437 g/mol. The van der Waals surface area contributed by atoms with Gasteiger partial charge in [0.1, 0.15) is 10.1 Å². The number of thiocarbonyl (C=S) groups is 1. The Morgan fingerprint density at radius 1 is 1.07 bits per heavy atom. The number of methoxy groups -OCH3 is 3. The number of amides is 1. The Kier molecular flexibility index (Phi) is 6.69. The van der Waals surface area contributed by atoms with Gasteiger partial charge >= 0.3 is 0 Å². The normalized spacial score (nSPS) is 16.4. The Hall–Kier alpha value is -1.96. The van der Waals surface area contributed by atoms with Crippen LogP contribution in [0.1, 0.15) is 11.1 Å². The molecule has 0 N–H and O–H groups in total. The van der Waals surface area contributed by atoms with Crippen molar-refractivity contribution in [3.05, 3.63) is 52.5 Å². The van der Waals surface area contributed by atoms with E-state index in [2.05, 4.69) is 0 Å². The molecule has 0 aromatic heterocycles. The van der Waals surface area contributed by atoms with Gasteiger partial charge in [-0.2, -0.15) is 0 Å². The average Bonchev–Trinajstić information content (AvgIpc) is 2.97. The lowest BCUT2D eigenvalue weighted by atomic mass is 10.1. The van der Waals surface area contributed by atoms with Crippen LogP contribution in [0.4, 0.5) is 0 Å².